The fourth-order valence-corrected chi connectivity index (χ4v) is 2.99. The molecule has 166 valence electrons. The van der Waals surface area contributed by atoms with Crippen molar-refractivity contribution in [3.8, 4) is 28.6 Å². The SMILES string of the molecule is CCOC(=O)c1ccc(NC(=O)COc2ccc(-c3nc(-c4ccccc4)no3)cc2)cc1. The molecule has 0 bridgehead atoms. The van der Waals surface area contributed by atoms with Crippen molar-refractivity contribution in [3.05, 3.63) is 84.4 Å². The van der Waals surface area contributed by atoms with Crippen molar-refractivity contribution in [2.75, 3.05) is 18.5 Å². The number of nitrogens with zero attached hydrogens (tertiary/aromatic N) is 2. The molecular formula is C25H21N3O5. The van der Waals surface area contributed by atoms with Crippen molar-refractivity contribution >= 4 is 17.6 Å². The van der Waals surface area contributed by atoms with Crippen LogP contribution in [0.4, 0.5) is 5.69 Å². The Balaban J connectivity index is 1.30. The van der Waals surface area contributed by atoms with E-state index in [4.69, 9.17) is 14.0 Å². The average Bonchev–Trinajstić information content (AvgIpc) is 3.35. The number of nitrogens with one attached hydrogen (secondary N) is 1. The molecule has 1 N–H and O–H groups in total. The van der Waals surface area contributed by atoms with Gasteiger partial charge in [-0.05, 0) is 55.5 Å². The highest BCUT2D eigenvalue weighted by molar-refractivity contribution is 5.93. The van der Waals surface area contributed by atoms with Crippen LogP contribution in [0.15, 0.2) is 83.4 Å². The first kappa shape index (κ1) is 21.8. The van der Waals surface area contributed by atoms with Gasteiger partial charge >= 0.3 is 5.97 Å². The molecule has 4 aromatic rings. The van der Waals surface area contributed by atoms with E-state index in [1.54, 1.807) is 55.5 Å². The van der Waals surface area contributed by atoms with Gasteiger partial charge in [0.1, 0.15) is 5.75 Å². The minimum Gasteiger partial charge on any atom is -0.484 e. The maximum absolute atomic E-state index is 12.2. The third-order valence-electron chi connectivity index (χ3n) is 4.61. The number of carbonyl (C=O) groups is 2. The number of anilines is 1. The van der Waals surface area contributed by atoms with Gasteiger partial charge in [0.05, 0.1) is 12.2 Å². The molecule has 0 spiro atoms. The van der Waals surface area contributed by atoms with Gasteiger partial charge in [-0.1, -0.05) is 35.5 Å². The van der Waals surface area contributed by atoms with Crippen LogP contribution in [0.3, 0.4) is 0 Å². The molecule has 0 saturated carbocycles. The lowest BCUT2D eigenvalue weighted by atomic mass is 10.2. The van der Waals surface area contributed by atoms with Crippen molar-refractivity contribution in [3.63, 3.8) is 0 Å². The number of benzene rings is 3. The predicted octanol–water partition coefficient (Wildman–Crippen LogP) is 4.60. The molecule has 0 aliphatic carbocycles. The van der Waals surface area contributed by atoms with Gasteiger partial charge in [-0.2, -0.15) is 4.98 Å². The van der Waals surface area contributed by atoms with E-state index >= 15 is 0 Å². The smallest absolute Gasteiger partial charge is 0.338 e. The number of hydrogen-bond donors (Lipinski definition) is 1. The van der Waals surface area contributed by atoms with E-state index in [-0.39, 0.29) is 12.5 Å². The Morgan fingerprint density at radius 2 is 1.64 bits per heavy atom. The van der Waals surface area contributed by atoms with Crippen LogP contribution in [-0.2, 0) is 9.53 Å². The summed E-state index contributed by atoms with van der Waals surface area (Å²) in [6.45, 7) is 1.88. The molecule has 4 rings (SSSR count). The first-order chi connectivity index (χ1) is 16.1. The highest BCUT2D eigenvalue weighted by Gasteiger charge is 2.11. The molecule has 8 nitrogen and oxygen atoms in total. The van der Waals surface area contributed by atoms with E-state index in [0.717, 1.165) is 11.1 Å². The lowest BCUT2D eigenvalue weighted by Crippen LogP contribution is -2.20. The number of aromatic nitrogens is 2. The Hall–Kier alpha value is -4.46. The molecule has 1 aromatic heterocycles. The molecule has 0 aliphatic rings. The number of hydrogen-bond acceptors (Lipinski definition) is 7. The van der Waals surface area contributed by atoms with E-state index < -0.39 is 5.97 Å². The Morgan fingerprint density at radius 3 is 2.33 bits per heavy atom. The number of amides is 1. The summed E-state index contributed by atoms with van der Waals surface area (Å²) in [5.41, 5.74) is 2.58. The second kappa shape index (κ2) is 10.2. The number of rotatable bonds is 8. The van der Waals surface area contributed by atoms with E-state index in [2.05, 4.69) is 15.5 Å². The summed E-state index contributed by atoms with van der Waals surface area (Å²) in [4.78, 5) is 28.3. The molecule has 0 radical (unpaired) electrons. The summed E-state index contributed by atoms with van der Waals surface area (Å²) in [6.07, 6.45) is 0. The highest BCUT2D eigenvalue weighted by atomic mass is 16.5. The van der Waals surface area contributed by atoms with Gasteiger partial charge in [0.2, 0.25) is 5.82 Å². The zero-order chi connectivity index (χ0) is 23.0. The maximum atomic E-state index is 12.2. The van der Waals surface area contributed by atoms with Crippen molar-refractivity contribution < 1.29 is 23.6 Å². The summed E-state index contributed by atoms with van der Waals surface area (Å²) in [5.74, 6) is 0.697. The Morgan fingerprint density at radius 1 is 0.909 bits per heavy atom. The molecule has 0 fully saturated rings. The fourth-order valence-electron chi connectivity index (χ4n) is 2.99. The Bertz CT molecular complexity index is 1220. The largest absolute Gasteiger partial charge is 0.484 e. The highest BCUT2D eigenvalue weighted by Crippen LogP contribution is 2.24. The minimum absolute atomic E-state index is 0.169. The first-order valence-corrected chi connectivity index (χ1v) is 10.3. The monoisotopic (exact) mass is 443 g/mol. The lowest BCUT2D eigenvalue weighted by molar-refractivity contribution is -0.118. The van der Waals surface area contributed by atoms with Crippen molar-refractivity contribution in [1.82, 2.24) is 10.1 Å². The molecule has 0 aliphatic heterocycles. The van der Waals surface area contributed by atoms with Gasteiger partial charge in [-0.25, -0.2) is 4.79 Å². The normalized spacial score (nSPS) is 10.5. The second-order valence-electron chi connectivity index (χ2n) is 6.95. The zero-order valence-electron chi connectivity index (χ0n) is 17.9. The van der Waals surface area contributed by atoms with Gasteiger partial charge in [-0.3, -0.25) is 4.79 Å². The van der Waals surface area contributed by atoms with Crippen LogP contribution >= 0.6 is 0 Å². The molecule has 3 aromatic carbocycles. The predicted molar refractivity (Wildman–Crippen MR) is 122 cm³/mol. The molecule has 1 heterocycles. The van der Waals surface area contributed by atoms with Crippen LogP contribution in [0.2, 0.25) is 0 Å². The van der Waals surface area contributed by atoms with Crippen molar-refractivity contribution in [2.24, 2.45) is 0 Å². The van der Waals surface area contributed by atoms with Crippen molar-refractivity contribution in [2.45, 2.75) is 6.92 Å². The third-order valence-corrected chi connectivity index (χ3v) is 4.61. The number of ether oxygens (including phenoxy) is 2. The molecule has 1 amide bonds. The van der Waals surface area contributed by atoms with Crippen LogP contribution in [0, 0.1) is 0 Å². The number of carbonyl (C=O) groups excluding carboxylic acids is 2. The summed E-state index contributed by atoms with van der Waals surface area (Å²) in [6, 6.07) is 23.0. The van der Waals surface area contributed by atoms with Gasteiger partial charge in [0.25, 0.3) is 11.8 Å². The molecule has 0 saturated heterocycles. The van der Waals surface area contributed by atoms with Gasteiger partial charge < -0.3 is 19.3 Å². The molecule has 8 heteroatoms. The first-order valence-electron chi connectivity index (χ1n) is 10.3. The maximum Gasteiger partial charge on any atom is 0.338 e. The quantitative estimate of drug-likeness (QED) is 0.397. The van der Waals surface area contributed by atoms with E-state index in [0.29, 0.717) is 35.3 Å². The lowest BCUT2D eigenvalue weighted by Gasteiger charge is -2.08. The topological polar surface area (TPSA) is 104 Å². The van der Waals surface area contributed by atoms with Crippen LogP contribution < -0.4 is 10.1 Å². The van der Waals surface area contributed by atoms with Gasteiger partial charge in [-0.15, -0.1) is 0 Å². The molecular weight excluding hydrogens is 422 g/mol. The van der Waals surface area contributed by atoms with E-state index in [1.165, 1.54) is 0 Å². The average molecular weight is 443 g/mol. The minimum atomic E-state index is -0.404. The standard InChI is InChI=1S/C25H21N3O5/c1-2-31-25(30)19-8-12-20(13-9-19)26-22(29)16-32-21-14-10-18(11-15-21)24-27-23(28-33-24)17-6-4-3-5-7-17/h3-15H,2,16H2,1H3,(H,26,29). The van der Waals surface area contributed by atoms with Gasteiger partial charge in [0.15, 0.2) is 6.61 Å². The van der Waals surface area contributed by atoms with Crippen LogP contribution in [-0.4, -0.2) is 35.2 Å². The second-order valence-corrected chi connectivity index (χ2v) is 6.95. The molecule has 0 atom stereocenters. The van der Waals surface area contributed by atoms with E-state index in [1.807, 2.05) is 30.3 Å². The third kappa shape index (κ3) is 5.62. The summed E-state index contributed by atoms with van der Waals surface area (Å²) in [7, 11) is 0. The van der Waals surface area contributed by atoms with E-state index in [9.17, 15) is 9.59 Å². The van der Waals surface area contributed by atoms with Crippen LogP contribution in [0.1, 0.15) is 17.3 Å². The summed E-state index contributed by atoms with van der Waals surface area (Å²) < 4.78 is 15.8. The molecule has 33 heavy (non-hydrogen) atoms. The van der Waals surface area contributed by atoms with Crippen LogP contribution in [0.25, 0.3) is 22.8 Å². The summed E-state index contributed by atoms with van der Waals surface area (Å²) >= 11 is 0. The Kier molecular flexibility index (Phi) is 6.75. The zero-order valence-corrected chi connectivity index (χ0v) is 17.9. The van der Waals surface area contributed by atoms with Crippen LogP contribution in [0.5, 0.6) is 5.75 Å². The fraction of sp³-hybridized carbons (Fsp3) is 0.120. The van der Waals surface area contributed by atoms with Crippen molar-refractivity contribution in [1.29, 1.82) is 0 Å². The summed E-state index contributed by atoms with van der Waals surface area (Å²) in [5, 5.41) is 6.73. The molecule has 0 unspecified atom stereocenters. The Labute approximate surface area is 190 Å². The number of esters is 1. The van der Waals surface area contributed by atoms with Gasteiger partial charge in [0, 0.05) is 16.8 Å².